The van der Waals surface area contributed by atoms with E-state index in [0.717, 1.165) is 0 Å². The Morgan fingerprint density at radius 2 is 2.12 bits per heavy atom. The largest absolute Gasteiger partial charge is 0.461 e. The second-order valence-electron chi connectivity index (χ2n) is 4.69. The third kappa shape index (κ3) is 2.61. The van der Waals surface area contributed by atoms with Gasteiger partial charge in [0.05, 0.1) is 17.9 Å². The van der Waals surface area contributed by atoms with E-state index in [2.05, 4.69) is 0 Å². The minimum atomic E-state index is -3.80. The van der Waals surface area contributed by atoms with E-state index in [4.69, 9.17) is 9.88 Å². The molecule has 2 atom stereocenters. The first-order valence-electron chi connectivity index (χ1n) is 5.02. The van der Waals surface area contributed by atoms with E-state index in [1.807, 2.05) is 0 Å². The molecular weight excluding hydrogens is 270 g/mol. The molecule has 1 spiro atoms. The highest BCUT2D eigenvalue weighted by atomic mass is 32.2. The van der Waals surface area contributed by atoms with Crippen LogP contribution in [0.5, 0.6) is 0 Å². The van der Waals surface area contributed by atoms with Crippen molar-refractivity contribution in [1.29, 1.82) is 0 Å². The van der Waals surface area contributed by atoms with Gasteiger partial charge in [-0.2, -0.15) is 0 Å². The van der Waals surface area contributed by atoms with Gasteiger partial charge in [0, 0.05) is 5.41 Å². The number of carbonyl (C=O) groups is 1. The van der Waals surface area contributed by atoms with Gasteiger partial charge in [-0.3, -0.25) is 4.79 Å². The summed E-state index contributed by atoms with van der Waals surface area (Å²) in [7, 11) is -7.02. The first kappa shape index (κ1) is 12.8. The Bertz CT molecular complexity index is 551. The molecule has 2 aliphatic rings. The highest BCUT2D eigenvalue weighted by Gasteiger charge is 2.55. The number of nitrogens with two attached hydrogens (primary N) is 1. The molecule has 0 aliphatic carbocycles. The third-order valence-corrected chi connectivity index (χ3v) is 5.86. The molecule has 2 aliphatic heterocycles. The maximum absolute atomic E-state index is 11.5. The molecule has 98 valence electrons. The molecule has 17 heavy (non-hydrogen) atoms. The Hall–Kier alpha value is -0.670. The number of rotatable bonds is 2. The second-order valence-corrected chi connectivity index (χ2v) is 8.53. The zero-order chi connectivity index (χ0) is 12.9. The lowest BCUT2D eigenvalue weighted by Crippen LogP contribution is -2.39. The second kappa shape index (κ2) is 3.66. The quantitative estimate of drug-likeness (QED) is 0.609. The Morgan fingerprint density at radius 1 is 1.47 bits per heavy atom. The number of carbonyl (C=O) groups excluding carboxylic acids is 1. The molecule has 2 saturated heterocycles. The Labute approximate surface area is 99.3 Å². The number of primary sulfonamides is 1. The van der Waals surface area contributed by atoms with Crippen LogP contribution in [0.25, 0.3) is 0 Å². The van der Waals surface area contributed by atoms with Gasteiger partial charge in [0.2, 0.25) is 10.0 Å². The summed E-state index contributed by atoms with van der Waals surface area (Å²) in [6.07, 6.45) is -0.740. The van der Waals surface area contributed by atoms with Gasteiger partial charge in [0.1, 0.15) is 11.9 Å². The first-order valence-corrected chi connectivity index (χ1v) is 8.56. The van der Waals surface area contributed by atoms with Crippen LogP contribution in [0, 0.1) is 5.41 Å². The van der Waals surface area contributed by atoms with Crippen molar-refractivity contribution in [3.63, 3.8) is 0 Å². The summed E-state index contributed by atoms with van der Waals surface area (Å²) in [5, 5.41) is 4.91. The van der Waals surface area contributed by atoms with E-state index in [1.165, 1.54) is 0 Å². The van der Waals surface area contributed by atoms with E-state index in [-0.39, 0.29) is 24.3 Å². The van der Waals surface area contributed by atoms with Crippen molar-refractivity contribution in [1.82, 2.24) is 0 Å². The van der Waals surface area contributed by atoms with Gasteiger partial charge < -0.3 is 4.74 Å². The zero-order valence-electron chi connectivity index (χ0n) is 8.96. The fourth-order valence-corrected chi connectivity index (χ4v) is 5.50. The highest BCUT2D eigenvalue weighted by molar-refractivity contribution is 7.91. The molecule has 0 aromatic carbocycles. The molecule has 0 bridgehead atoms. The lowest BCUT2D eigenvalue weighted by Gasteiger charge is -2.25. The fourth-order valence-electron chi connectivity index (χ4n) is 2.48. The Kier molecular flexibility index (Phi) is 2.75. The molecule has 7 nitrogen and oxygen atoms in total. The minimum absolute atomic E-state index is 0.0369. The maximum atomic E-state index is 11.5. The molecule has 2 N–H and O–H groups in total. The van der Waals surface area contributed by atoms with Crippen LogP contribution in [0.4, 0.5) is 0 Å². The summed E-state index contributed by atoms with van der Waals surface area (Å²) in [6, 6.07) is 0. The van der Waals surface area contributed by atoms with Gasteiger partial charge in [-0.05, 0) is 6.42 Å². The van der Waals surface area contributed by atoms with Crippen LogP contribution in [0.1, 0.15) is 12.8 Å². The van der Waals surface area contributed by atoms with Crippen LogP contribution in [-0.4, -0.2) is 46.2 Å². The number of hydrogen-bond acceptors (Lipinski definition) is 6. The lowest BCUT2D eigenvalue weighted by molar-refractivity contribution is -0.140. The smallest absolute Gasteiger partial charge is 0.306 e. The van der Waals surface area contributed by atoms with E-state index >= 15 is 0 Å². The van der Waals surface area contributed by atoms with Gasteiger partial charge in [0.25, 0.3) is 0 Å². The van der Waals surface area contributed by atoms with Crippen molar-refractivity contribution in [2.45, 2.75) is 18.9 Å². The van der Waals surface area contributed by atoms with Crippen LogP contribution in [0.15, 0.2) is 0 Å². The van der Waals surface area contributed by atoms with Gasteiger partial charge in [-0.1, -0.05) is 0 Å². The van der Waals surface area contributed by atoms with Gasteiger partial charge in [-0.15, -0.1) is 0 Å². The summed E-state index contributed by atoms with van der Waals surface area (Å²) < 4.78 is 49.9. The first-order chi connectivity index (χ1) is 7.62. The van der Waals surface area contributed by atoms with Gasteiger partial charge >= 0.3 is 5.97 Å². The van der Waals surface area contributed by atoms with Crippen LogP contribution in [0.2, 0.25) is 0 Å². The van der Waals surface area contributed by atoms with Crippen LogP contribution in [0.3, 0.4) is 0 Å². The van der Waals surface area contributed by atoms with Crippen molar-refractivity contribution in [2.24, 2.45) is 10.6 Å². The van der Waals surface area contributed by atoms with E-state index in [1.54, 1.807) is 0 Å². The normalized spacial score (nSPS) is 36.3. The van der Waals surface area contributed by atoms with Gasteiger partial charge in [-0.25, -0.2) is 22.0 Å². The van der Waals surface area contributed by atoms with E-state index in [0.29, 0.717) is 0 Å². The number of esters is 1. The summed E-state index contributed by atoms with van der Waals surface area (Å²) in [6.45, 7) is 0. The van der Waals surface area contributed by atoms with Crippen molar-refractivity contribution in [3.05, 3.63) is 0 Å². The molecular formula is C8H13NO6S2. The SMILES string of the molecule is NS(=O)(=O)CC1OC(=O)CC12CCS(=O)(=O)C2. The van der Waals surface area contributed by atoms with Crippen molar-refractivity contribution >= 4 is 25.8 Å². The molecule has 2 heterocycles. The molecule has 2 rings (SSSR count). The minimum Gasteiger partial charge on any atom is -0.461 e. The number of sulfone groups is 1. The monoisotopic (exact) mass is 283 g/mol. The zero-order valence-corrected chi connectivity index (χ0v) is 10.6. The topological polar surface area (TPSA) is 121 Å². The van der Waals surface area contributed by atoms with Crippen molar-refractivity contribution in [3.8, 4) is 0 Å². The standard InChI is InChI=1S/C8H13NO6S2/c9-17(13,14)4-6-8(3-7(10)15-6)1-2-16(11,12)5-8/h6H,1-5H2,(H2,9,13,14). The lowest BCUT2D eigenvalue weighted by atomic mass is 9.81. The number of hydrogen-bond donors (Lipinski definition) is 1. The number of sulfonamides is 1. The van der Waals surface area contributed by atoms with Crippen molar-refractivity contribution in [2.75, 3.05) is 17.3 Å². The summed E-state index contributed by atoms with van der Waals surface area (Å²) >= 11 is 0. The van der Waals surface area contributed by atoms with E-state index in [9.17, 15) is 21.6 Å². The Morgan fingerprint density at radius 3 is 2.59 bits per heavy atom. The summed E-state index contributed by atoms with van der Waals surface area (Å²) in [5.41, 5.74) is -0.900. The molecule has 0 aromatic heterocycles. The average Bonchev–Trinajstić information content (AvgIpc) is 2.52. The highest BCUT2D eigenvalue weighted by Crippen LogP contribution is 2.45. The molecule has 0 radical (unpaired) electrons. The molecule has 0 amide bonds. The molecule has 2 unspecified atom stereocenters. The summed E-state index contributed by atoms with van der Waals surface area (Å²) in [4.78, 5) is 11.3. The summed E-state index contributed by atoms with van der Waals surface area (Å²) in [5.74, 6) is -1.32. The molecule has 9 heteroatoms. The van der Waals surface area contributed by atoms with Gasteiger partial charge in [0.15, 0.2) is 9.84 Å². The molecule has 2 fully saturated rings. The van der Waals surface area contributed by atoms with Crippen LogP contribution < -0.4 is 5.14 Å². The maximum Gasteiger partial charge on any atom is 0.306 e. The predicted molar refractivity (Wildman–Crippen MR) is 58.2 cm³/mol. The fraction of sp³-hybridized carbons (Fsp3) is 0.875. The Balaban J connectivity index is 2.29. The van der Waals surface area contributed by atoms with E-state index < -0.39 is 43.1 Å². The average molecular weight is 283 g/mol. The third-order valence-electron chi connectivity index (χ3n) is 3.26. The number of ether oxygens (including phenoxy) is 1. The molecule has 0 saturated carbocycles. The van der Waals surface area contributed by atoms with Crippen LogP contribution in [-0.2, 0) is 29.4 Å². The molecule has 0 aromatic rings. The van der Waals surface area contributed by atoms with Crippen molar-refractivity contribution < 1.29 is 26.4 Å². The van der Waals surface area contributed by atoms with Crippen LogP contribution >= 0.6 is 0 Å². The predicted octanol–water partition coefficient (Wildman–Crippen LogP) is -1.60. The number of cyclic esters (lactones) is 1.